The molecule has 3 heterocycles. The number of hydrogen-bond donors (Lipinski definition) is 2. The van der Waals surface area contributed by atoms with Gasteiger partial charge in [-0.3, -0.25) is 4.79 Å². The van der Waals surface area contributed by atoms with Crippen LogP contribution in [0.3, 0.4) is 0 Å². The van der Waals surface area contributed by atoms with E-state index in [9.17, 15) is 4.79 Å². The predicted molar refractivity (Wildman–Crippen MR) is 56.9 cm³/mol. The lowest BCUT2D eigenvalue weighted by Gasteiger charge is -2.17. The van der Waals surface area contributed by atoms with Crippen molar-refractivity contribution < 1.29 is 0 Å². The summed E-state index contributed by atoms with van der Waals surface area (Å²) in [5, 5.41) is 3.39. The molecule has 0 saturated carbocycles. The summed E-state index contributed by atoms with van der Waals surface area (Å²) >= 11 is 0. The third-order valence-electron chi connectivity index (χ3n) is 3.38. The van der Waals surface area contributed by atoms with Crippen LogP contribution in [0.2, 0.25) is 0 Å². The van der Waals surface area contributed by atoms with Crippen LogP contribution >= 0.6 is 0 Å². The second kappa shape index (κ2) is 3.34. The van der Waals surface area contributed by atoms with Crippen LogP contribution in [0.1, 0.15) is 0 Å². The van der Waals surface area contributed by atoms with Gasteiger partial charge in [-0.15, -0.1) is 0 Å². The molecule has 2 aliphatic heterocycles. The third kappa shape index (κ3) is 1.52. The van der Waals surface area contributed by atoms with Gasteiger partial charge in [-0.1, -0.05) is 0 Å². The number of nitrogens with zero attached hydrogens (tertiary/aromatic N) is 2. The molecule has 2 N–H and O–H groups in total. The maximum atomic E-state index is 11.2. The van der Waals surface area contributed by atoms with Crippen molar-refractivity contribution in [3.05, 3.63) is 22.7 Å². The van der Waals surface area contributed by atoms with Crippen LogP contribution in [0.15, 0.2) is 17.2 Å². The number of aromatic amines is 1. The number of aromatic nitrogens is 2. The molecule has 2 atom stereocenters. The molecule has 80 valence electrons. The van der Waals surface area contributed by atoms with Crippen molar-refractivity contribution in [1.82, 2.24) is 15.3 Å². The highest BCUT2D eigenvalue weighted by Crippen LogP contribution is 2.28. The van der Waals surface area contributed by atoms with Gasteiger partial charge in [0.05, 0.1) is 6.33 Å². The number of H-pyrrole nitrogens is 1. The van der Waals surface area contributed by atoms with E-state index in [0.29, 0.717) is 0 Å². The molecule has 2 fully saturated rings. The van der Waals surface area contributed by atoms with Crippen molar-refractivity contribution in [3.63, 3.8) is 0 Å². The topological polar surface area (TPSA) is 61.0 Å². The second-order valence-electron chi connectivity index (χ2n) is 4.35. The minimum absolute atomic E-state index is 0.0739. The fourth-order valence-corrected chi connectivity index (χ4v) is 2.57. The van der Waals surface area contributed by atoms with E-state index in [1.165, 1.54) is 6.33 Å². The number of fused-ring (bicyclic) bond motifs is 1. The minimum atomic E-state index is -0.0739. The molecule has 0 amide bonds. The molecular formula is C10H14N4O. The van der Waals surface area contributed by atoms with Crippen molar-refractivity contribution in [2.75, 3.05) is 31.1 Å². The summed E-state index contributed by atoms with van der Waals surface area (Å²) in [6, 6.07) is 1.58. The Labute approximate surface area is 87.5 Å². The molecule has 2 aliphatic rings. The molecular weight excluding hydrogens is 192 g/mol. The fraction of sp³-hybridized carbons (Fsp3) is 0.600. The Kier molecular flexibility index (Phi) is 1.98. The first-order valence-corrected chi connectivity index (χ1v) is 5.33. The first-order chi connectivity index (χ1) is 7.33. The molecule has 0 spiro atoms. The van der Waals surface area contributed by atoms with Crippen LogP contribution in [-0.4, -0.2) is 36.1 Å². The maximum absolute atomic E-state index is 11.2. The zero-order valence-electron chi connectivity index (χ0n) is 8.44. The lowest BCUT2D eigenvalue weighted by atomic mass is 10.0. The first-order valence-electron chi connectivity index (χ1n) is 5.33. The van der Waals surface area contributed by atoms with Gasteiger partial charge in [0.1, 0.15) is 5.82 Å². The van der Waals surface area contributed by atoms with E-state index in [1.807, 2.05) is 0 Å². The highest BCUT2D eigenvalue weighted by molar-refractivity contribution is 5.38. The first kappa shape index (κ1) is 8.91. The van der Waals surface area contributed by atoms with Crippen LogP contribution in [0.25, 0.3) is 0 Å². The highest BCUT2D eigenvalue weighted by atomic mass is 16.1. The number of rotatable bonds is 1. The van der Waals surface area contributed by atoms with Gasteiger partial charge in [0.25, 0.3) is 5.56 Å². The zero-order chi connectivity index (χ0) is 10.3. The molecule has 0 aliphatic carbocycles. The average molecular weight is 206 g/mol. The number of anilines is 1. The quantitative estimate of drug-likeness (QED) is 0.645. The summed E-state index contributed by atoms with van der Waals surface area (Å²) in [7, 11) is 0. The monoisotopic (exact) mass is 206 g/mol. The van der Waals surface area contributed by atoms with Gasteiger partial charge in [0.15, 0.2) is 0 Å². The van der Waals surface area contributed by atoms with Gasteiger partial charge in [-0.2, -0.15) is 0 Å². The van der Waals surface area contributed by atoms with E-state index in [2.05, 4.69) is 20.2 Å². The molecule has 5 heteroatoms. The van der Waals surface area contributed by atoms with Crippen molar-refractivity contribution in [1.29, 1.82) is 0 Å². The Morgan fingerprint density at radius 2 is 2.07 bits per heavy atom. The normalized spacial score (nSPS) is 29.5. The summed E-state index contributed by atoms with van der Waals surface area (Å²) < 4.78 is 0. The Morgan fingerprint density at radius 1 is 1.33 bits per heavy atom. The second-order valence-corrected chi connectivity index (χ2v) is 4.35. The Balaban J connectivity index is 1.82. The van der Waals surface area contributed by atoms with Crippen LogP contribution in [0.5, 0.6) is 0 Å². The van der Waals surface area contributed by atoms with Crippen LogP contribution in [0.4, 0.5) is 5.82 Å². The minimum Gasteiger partial charge on any atom is -0.356 e. The molecule has 5 nitrogen and oxygen atoms in total. The summed E-state index contributed by atoms with van der Waals surface area (Å²) in [6.07, 6.45) is 1.48. The van der Waals surface area contributed by atoms with E-state index in [-0.39, 0.29) is 5.56 Å². The summed E-state index contributed by atoms with van der Waals surface area (Å²) in [5.74, 6) is 2.27. The lowest BCUT2D eigenvalue weighted by Crippen LogP contribution is -2.27. The van der Waals surface area contributed by atoms with E-state index in [1.54, 1.807) is 6.07 Å². The molecule has 0 unspecified atom stereocenters. The SMILES string of the molecule is O=c1cc(N2C[C@H]3CNC[C@H]3C2)nc[nH]1. The summed E-state index contributed by atoms with van der Waals surface area (Å²) in [5.41, 5.74) is -0.0739. The van der Waals surface area contributed by atoms with Gasteiger partial charge in [-0.25, -0.2) is 4.98 Å². The van der Waals surface area contributed by atoms with E-state index in [4.69, 9.17) is 0 Å². The Morgan fingerprint density at radius 3 is 2.73 bits per heavy atom. The largest absolute Gasteiger partial charge is 0.356 e. The highest BCUT2D eigenvalue weighted by Gasteiger charge is 2.36. The zero-order valence-corrected chi connectivity index (χ0v) is 8.44. The lowest BCUT2D eigenvalue weighted by molar-refractivity contribution is 0.533. The van der Waals surface area contributed by atoms with Gasteiger partial charge in [0.2, 0.25) is 0 Å². The molecule has 0 aromatic carbocycles. The molecule has 3 rings (SSSR count). The van der Waals surface area contributed by atoms with E-state index >= 15 is 0 Å². The summed E-state index contributed by atoms with van der Waals surface area (Å²) in [6.45, 7) is 4.25. The van der Waals surface area contributed by atoms with Crippen molar-refractivity contribution in [2.45, 2.75) is 0 Å². The Bertz CT molecular complexity index is 404. The number of hydrogen-bond acceptors (Lipinski definition) is 4. The molecule has 1 aromatic heterocycles. The molecule has 0 bridgehead atoms. The fourth-order valence-electron chi connectivity index (χ4n) is 2.57. The van der Waals surface area contributed by atoms with Crippen molar-refractivity contribution >= 4 is 5.82 Å². The molecule has 0 radical (unpaired) electrons. The number of nitrogens with one attached hydrogen (secondary N) is 2. The molecule has 2 saturated heterocycles. The van der Waals surface area contributed by atoms with Gasteiger partial charge >= 0.3 is 0 Å². The van der Waals surface area contributed by atoms with Crippen LogP contribution in [0, 0.1) is 11.8 Å². The van der Waals surface area contributed by atoms with Gasteiger partial charge in [-0.05, 0) is 11.8 Å². The summed E-state index contributed by atoms with van der Waals surface area (Å²) in [4.78, 5) is 20.1. The van der Waals surface area contributed by atoms with Gasteiger partial charge in [0, 0.05) is 32.2 Å². The molecule has 1 aromatic rings. The van der Waals surface area contributed by atoms with Crippen LogP contribution < -0.4 is 15.8 Å². The standard InChI is InChI=1S/C10H14N4O/c15-10-1-9(12-6-13-10)14-4-7-2-11-3-8(7)5-14/h1,6-8,11H,2-5H2,(H,12,13,15)/t7-,8+. The van der Waals surface area contributed by atoms with Crippen LogP contribution in [-0.2, 0) is 0 Å². The van der Waals surface area contributed by atoms with Crippen molar-refractivity contribution in [3.8, 4) is 0 Å². The smallest absolute Gasteiger partial charge is 0.252 e. The maximum Gasteiger partial charge on any atom is 0.252 e. The average Bonchev–Trinajstić information content (AvgIpc) is 2.76. The van der Waals surface area contributed by atoms with E-state index < -0.39 is 0 Å². The van der Waals surface area contributed by atoms with Crippen molar-refractivity contribution in [2.24, 2.45) is 11.8 Å². The predicted octanol–water partition coefficient (Wildman–Crippen LogP) is -0.574. The third-order valence-corrected chi connectivity index (χ3v) is 3.38. The molecule has 15 heavy (non-hydrogen) atoms. The Hall–Kier alpha value is -1.36. The van der Waals surface area contributed by atoms with E-state index in [0.717, 1.165) is 43.8 Å². The van der Waals surface area contributed by atoms with Gasteiger partial charge < -0.3 is 15.2 Å².